The fourth-order valence-corrected chi connectivity index (χ4v) is 5.46. The molecule has 0 aliphatic heterocycles. The molecule has 0 spiro atoms. The molecule has 194 valence electrons. The highest BCUT2D eigenvalue weighted by Gasteiger charge is 2.15. The van der Waals surface area contributed by atoms with E-state index in [1.54, 1.807) is 0 Å². The van der Waals surface area contributed by atoms with Gasteiger partial charge < -0.3 is 0 Å². The molecule has 0 N–H and O–H groups in total. The lowest BCUT2D eigenvalue weighted by Gasteiger charge is -2.19. The Morgan fingerprint density at radius 2 is 0.925 bits per heavy atom. The van der Waals surface area contributed by atoms with E-state index >= 15 is 0 Å². The van der Waals surface area contributed by atoms with Crippen LogP contribution in [0.3, 0.4) is 0 Å². The van der Waals surface area contributed by atoms with Crippen molar-refractivity contribution < 1.29 is 0 Å². The zero-order valence-electron chi connectivity index (χ0n) is 23.4. The van der Waals surface area contributed by atoms with Crippen LogP contribution < -0.4 is 0 Å². The smallest absolute Gasteiger partial charge is 0.00206 e. The molecule has 0 radical (unpaired) electrons. The lowest BCUT2D eigenvalue weighted by molar-refractivity contribution is 0.590. The molecule has 0 saturated carbocycles. The van der Waals surface area contributed by atoms with Gasteiger partial charge in [0.25, 0.3) is 0 Å². The molecule has 0 bridgehead atoms. The molecule has 0 heteroatoms. The standard InChI is InChI=1S/C26H22.C14H12/c1-26(2,3)21-13-9-17(10-14-21)22-15-11-20-8-7-18-5-4-6-19-12-16-23(22)25(20)24(18)19;1-3-7-13(8-4-1)11-12-14-9-5-2-6-10-14/h4-16H,1-3H3;1-12H. The van der Waals surface area contributed by atoms with Crippen LogP contribution in [0.15, 0.2) is 140 Å². The van der Waals surface area contributed by atoms with Crippen molar-refractivity contribution in [3.05, 3.63) is 156 Å². The van der Waals surface area contributed by atoms with E-state index in [0.717, 1.165) is 0 Å². The molecule has 0 unspecified atom stereocenters. The normalized spacial score (nSPS) is 11.8. The van der Waals surface area contributed by atoms with E-state index in [1.165, 1.54) is 60.1 Å². The molecular weight excluding hydrogens is 480 g/mol. The predicted molar refractivity (Wildman–Crippen MR) is 176 cm³/mol. The summed E-state index contributed by atoms with van der Waals surface area (Å²) in [6.07, 6.45) is 4.24. The highest BCUT2D eigenvalue weighted by molar-refractivity contribution is 6.25. The van der Waals surface area contributed by atoms with Crippen LogP contribution in [0.4, 0.5) is 0 Å². The zero-order chi connectivity index (χ0) is 27.5. The van der Waals surface area contributed by atoms with Crippen molar-refractivity contribution in [3.8, 4) is 11.1 Å². The Hall–Kier alpha value is -4.68. The lowest BCUT2D eigenvalue weighted by Crippen LogP contribution is -2.10. The monoisotopic (exact) mass is 514 g/mol. The maximum atomic E-state index is 2.29. The Kier molecular flexibility index (Phi) is 6.93. The predicted octanol–water partition coefficient (Wildman–Crippen LogP) is 11.4. The third-order valence-corrected chi connectivity index (χ3v) is 7.66. The highest BCUT2D eigenvalue weighted by atomic mass is 14.2. The van der Waals surface area contributed by atoms with E-state index in [1.807, 2.05) is 36.4 Å². The second-order valence-corrected chi connectivity index (χ2v) is 11.5. The van der Waals surface area contributed by atoms with Crippen LogP contribution >= 0.6 is 0 Å². The molecule has 7 rings (SSSR count). The molecular formula is C40H34. The quantitative estimate of drug-likeness (QED) is 0.162. The van der Waals surface area contributed by atoms with Crippen molar-refractivity contribution in [2.45, 2.75) is 26.2 Å². The average Bonchev–Trinajstić information content (AvgIpc) is 3.00. The molecule has 40 heavy (non-hydrogen) atoms. The summed E-state index contributed by atoms with van der Waals surface area (Å²) in [5.74, 6) is 0. The summed E-state index contributed by atoms with van der Waals surface area (Å²) >= 11 is 0. The number of hydrogen-bond acceptors (Lipinski definition) is 0. The van der Waals surface area contributed by atoms with Crippen molar-refractivity contribution in [1.29, 1.82) is 0 Å². The third kappa shape index (κ3) is 5.26. The van der Waals surface area contributed by atoms with Gasteiger partial charge in [-0.2, -0.15) is 0 Å². The summed E-state index contributed by atoms with van der Waals surface area (Å²) in [6, 6.07) is 49.9. The van der Waals surface area contributed by atoms with E-state index in [4.69, 9.17) is 0 Å². The van der Waals surface area contributed by atoms with E-state index < -0.39 is 0 Å². The second kappa shape index (κ2) is 10.8. The van der Waals surface area contributed by atoms with Crippen molar-refractivity contribution in [3.63, 3.8) is 0 Å². The Balaban J connectivity index is 0.000000175. The SMILES string of the molecule is C(=Cc1ccccc1)c1ccccc1.CC(C)(C)c1ccc(-c2ccc3ccc4cccc5ccc2c3c45)cc1. The summed E-state index contributed by atoms with van der Waals surface area (Å²) < 4.78 is 0. The maximum absolute atomic E-state index is 2.29. The third-order valence-electron chi connectivity index (χ3n) is 7.66. The second-order valence-electron chi connectivity index (χ2n) is 11.5. The van der Waals surface area contributed by atoms with Crippen molar-refractivity contribution >= 4 is 44.5 Å². The summed E-state index contributed by atoms with van der Waals surface area (Å²) in [6.45, 7) is 6.79. The summed E-state index contributed by atoms with van der Waals surface area (Å²) in [7, 11) is 0. The van der Waals surface area contributed by atoms with Crippen LogP contribution in [0.2, 0.25) is 0 Å². The summed E-state index contributed by atoms with van der Waals surface area (Å²) in [5, 5.41) is 8.07. The maximum Gasteiger partial charge on any atom is -0.00206 e. The Bertz CT molecular complexity index is 1830. The Morgan fingerprint density at radius 3 is 1.48 bits per heavy atom. The lowest BCUT2D eigenvalue weighted by atomic mass is 9.85. The minimum Gasteiger partial charge on any atom is -0.0622 e. The zero-order valence-corrected chi connectivity index (χ0v) is 23.4. The van der Waals surface area contributed by atoms with Crippen molar-refractivity contribution in [2.24, 2.45) is 0 Å². The van der Waals surface area contributed by atoms with Crippen molar-refractivity contribution in [1.82, 2.24) is 0 Å². The van der Waals surface area contributed by atoms with Gasteiger partial charge in [0.15, 0.2) is 0 Å². The molecule has 0 nitrogen and oxygen atoms in total. The average molecular weight is 515 g/mol. The highest BCUT2D eigenvalue weighted by Crippen LogP contribution is 2.39. The van der Waals surface area contributed by atoms with Gasteiger partial charge in [0.2, 0.25) is 0 Å². The van der Waals surface area contributed by atoms with E-state index in [-0.39, 0.29) is 5.41 Å². The van der Waals surface area contributed by atoms with Crippen LogP contribution in [0.5, 0.6) is 0 Å². The van der Waals surface area contributed by atoms with Gasteiger partial charge in [-0.15, -0.1) is 0 Å². The van der Waals surface area contributed by atoms with Gasteiger partial charge in [-0.1, -0.05) is 172 Å². The fraction of sp³-hybridized carbons (Fsp3) is 0.100. The largest absolute Gasteiger partial charge is 0.0622 e. The van der Waals surface area contributed by atoms with E-state index in [0.29, 0.717) is 0 Å². The van der Waals surface area contributed by atoms with Crippen LogP contribution in [-0.4, -0.2) is 0 Å². The fourth-order valence-electron chi connectivity index (χ4n) is 5.46. The molecule has 0 aromatic heterocycles. The van der Waals surface area contributed by atoms with Gasteiger partial charge >= 0.3 is 0 Å². The van der Waals surface area contributed by atoms with Gasteiger partial charge in [0.1, 0.15) is 0 Å². The van der Waals surface area contributed by atoms with Crippen molar-refractivity contribution in [2.75, 3.05) is 0 Å². The van der Waals surface area contributed by atoms with Gasteiger partial charge in [0.05, 0.1) is 0 Å². The van der Waals surface area contributed by atoms with E-state index in [9.17, 15) is 0 Å². The van der Waals surface area contributed by atoms with Gasteiger partial charge in [-0.05, 0) is 65.5 Å². The number of hydrogen-bond donors (Lipinski definition) is 0. The first kappa shape index (κ1) is 25.6. The van der Waals surface area contributed by atoms with Crippen LogP contribution in [0.25, 0.3) is 55.6 Å². The first-order chi connectivity index (χ1) is 19.5. The number of benzene rings is 7. The van der Waals surface area contributed by atoms with Crippen LogP contribution in [-0.2, 0) is 5.41 Å². The molecule has 0 heterocycles. The Labute approximate surface area is 237 Å². The minimum atomic E-state index is 0.182. The number of rotatable bonds is 3. The van der Waals surface area contributed by atoms with Gasteiger partial charge in [-0.25, -0.2) is 0 Å². The molecule has 0 atom stereocenters. The molecule has 0 aliphatic carbocycles. The molecule has 7 aromatic carbocycles. The first-order valence-electron chi connectivity index (χ1n) is 14.0. The molecule has 7 aromatic rings. The topological polar surface area (TPSA) is 0 Å². The van der Waals surface area contributed by atoms with Gasteiger partial charge in [0, 0.05) is 0 Å². The molecule has 0 aliphatic rings. The minimum absolute atomic E-state index is 0.182. The first-order valence-corrected chi connectivity index (χ1v) is 14.0. The molecule has 0 saturated heterocycles. The summed E-state index contributed by atoms with van der Waals surface area (Å²) in [4.78, 5) is 0. The molecule has 0 amide bonds. The molecule has 0 fully saturated rings. The van der Waals surface area contributed by atoms with E-state index in [2.05, 4.69) is 136 Å². The Morgan fingerprint density at radius 1 is 0.425 bits per heavy atom. The van der Waals surface area contributed by atoms with Crippen LogP contribution in [0, 0.1) is 0 Å². The van der Waals surface area contributed by atoms with Crippen LogP contribution in [0.1, 0.15) is 37.5 Å². The summed E-state index contributed by atoms with van der Waals surface area (Å²) in [5.41, 5.74) is 6.63. The van der Waals surface area contributed by atoms with Gasteiger partial charge in [-0.3, -0.25) is 0 Å².